The number of aromatic nitrogens is 2. The monoisotopic (exact) mass is 609 g/mol. The minimum absolute atomic E-state index is 0.0376. The highest BCUT2D eigenvalue weighted by atomic mass is 19.4. The topological polar surface area (TPSA) is 90.4 Å². The van der Waals surface area contributed by atoms with Crippen molar-refractivity contribution in [2.75, 3.05) is 30.3 Å². The average Bonchev–Trinajstić information content (AvgIpc) is 3.16. The maximum Gasteiger partial charge on any atom is 0.419 e. The van der Waals surface area contributed by atoms with Gasteiger partial charge in [0.25, 0.3) is 0 Å². The van der Waals surface area contributed by atoms with Gasteiger partial charge in [-0.15, -0.1) is 0 Å². The van der Waals surface area contributed by atoms with Gasteiger partial charge in [-0.1, -0.05) is 18.2 Å². The lowest BCUT2D eigenvalue weighted by Crippen LogP contribution is -2.42. The van der Waals surface area contributed by atoms with Gasteiger partial charge in [0.15, 0.2) is 0 Å². The first-order valence-electron chi connectivity index (χ1n) is 15.2. The number of benzene rings is 2. The molecule has 2 aromatic carbocycles. The Morgan fingerprint density at radius 1 is 1.09 bits per heavy atom. The quantitative estimate of drug-likeness (QED) is 0.260. The van der Waals surface area contributed by atoms with Gasteiger partial charge in [0.05, 0.1) is 22.3 Å². The van der Waals surface area contributed by atoms with Gasteiger partial charge in [-0.05, 0) is 126 Å². The summed E-state index contributed by atoms with van der Waals surface area (Å²) in [5.74, 6) is 0.389. The zero-order valence-corrected chi connectivity index (χ0v) is 26.3. The number of hydrogen-bond acceptors (Lipinski definition) is 6. The predicted molar refractivity (Wildman–Crippen MR) is 166 cm³/mol. The van der Waals surface area contributed by atoms with Crippen molar-refractivity contribution >= 4 is 23.2 Å². The number of carbonyl (C=O) groups excluding carboxylic acids is 1. The van der Waals surface area contributed by atoms with Crippen molar-refractivity contribution in [2.24, 2.45) is 0 Å². The van der Waals surface area contributed by atoms with Crippen molar-refractivity contribution < 1.29 is 23.1 Å². The fraction of sp³-hybridized carbons (Fsp3) is 0.500. The molecular weight excluding hydrogens is 567 g/mol. The zero-order valence-electron chi connectivity index (χ0n) is 26.3. The van der Waals surface area contributed by atoms with E-state index in [0.29, 0.717) is 24.6 Å². The van der Waals surface area contributed by atoms with E-state index >= 15 is 0 Å². The first kappa shape index (κ1) is 31.9. The minimum atomic E-state index is -4.60. The number of likely N-dealkylation sites (tertiary alicyclic amines) is 1. The van der Waals surface area contributed by atoms with Crippen molar-refractivity contribution in [3.05, 3.63) is 75.6 Å². The third-order valence-electron chi connectivity index (χ3n) is 8.89. The fourth-order valence-electron chi connectivity index (χ4n) is 6.68. The number of aliphatic hydroxyl groups is 1. The number of carbonyl (C=O) groups is 1. The summed E-state index contributed by atoms with van der Waals surface area (Å²) < 4.78 is 42.0. The van der Waals surface area contributed by atoms with E-state index in [1.54, 1.807) is 6.07 Å². The van der Waals surface area contributed by atoms with E-state index in [1.165, 1.54) is 5.56 Å². The van der Waals surface area contributed by atoms with Crippen molar-refractivity contribution in [1.82, 2.24) is 14.9 Å². The van der Waals surface area contributed by atoms with E-state index in [0.717, 1.165) is 60.1 Å². The van der Waals surface area contributed by atoms with Crippen LogP contribution in [0.5, 0.6) is 0 Å². The van der Waals surface area contributed by atoms with Crippen molar-refractivity contribution in [2.45, 2.75) is 90.3 Å². The first-order valence-corrected chi connectivity index (χ1v) is 15.2. The number of piperidine rings is 1. The lowest BCUT2D eigenvalue weighted by Gasteiger charge is -2.36. The minimum Gasteiger partial charge on any atom is -0.389 e. The molecule has 0 atom stereocenters. The zero-order chi connectivity index (χ0) is 32.0. The summed E-state index contributed by atoms with van der Waals surface area (Å²) in [6.45, 7) is 13.8. The Bertz CT molecular complexity index is 1550. The Balaban J connectivity index is 1.35. The molecule has 1 fully saturated rings. The van der Waals surface area contributed by atoms with Gasteiger partial charge in [-0.2, -0.15) is 13.2 Å². The molecule has 44 heavy (non-hydrogen) atoms. The summed E-state index contributed by atoms with van der Waals surface area (Å²) in [5, 5.41) is 16.2. The van der Waals surface area contributed by atoms with Crippen LogP contribution in [0.4, 0.5) is 30.5 Å². The Morgan fingerprint density at radius 2 is 1.80 bits per heavy atom. The van der Waals surface area contributed by atoms with Gasteiger partial charge >= 0.3 is 6.18 Å². The number of β-amino-alcohol motifs (C(OH)–C–C–N with tert-alkyl or cyclic N) is 1. The van der Waals surface area contributed by atoms with Crippen LogP contribution in [0.2, 0.25) is 0 Å². The number of nitrogens with one attached hydrogen (secondary N) is 2. The van der Waals surface area contributed by atoms with Gasteiger partial charge in [0.2, 0.25) is 11.9 Å². The second kappa shape index (κ2) is 11.8. The van der Waals surface area contributed by atoms with Gasteiger partial charge in [0, 0.05) is 24.1 Å². The maximum absolute atomic E-state index is 14.0. The predicted octanol–water partition coefficient (Wildman–Crippen LogP) is 6.82. The molecule has 3 aromatic rings. The van der Waals surface area contributed by atoms with Crippen LogP contribution in [0.25, 0.3) is 0 Å². The highest BCUT2D eigenvalue weighted by molar-refractivity contribution is 6.06. The molecule has 0 unspecified atom stereocenters. The molecule has 0 radical (unpaired) electrons. The van der Waals surface area contributed by atoms with E-state index in [4.69, 9.17) is 0 Å². The van der Waals surface area contributed by atoms with Gasteiger partial charge in [0.1, 0.15) is 0 Å². The van der Waals surface area contributed by atoms with Crippen LogP contribution >= 0.6 is 0 Å². The molecule has 1 aromatic heterocycles. The van der Waals surface area contributed by atoms with Crippen LogP contribution in [0.15, 0.2) is 36.5 Å². The molecule has 2 aliphatic heterocycles. The Labute approximate surface area is 257 Å². The van der Waals surface area contributed by atoms with Gasteiger partial charge in [-0.25, -0.2) is 9.97 Å². The number of hydrogen-bond donors (Lipinski definition) is 3. The highest BCUT2D eigenvalue weighted by Crippen LogP contribution is 2.41. The van der Waals surface area contributed by atoms with Crippen LogP contribution in [0, 0.1) is 13.8 Å². The molecular formula is C34H42F3N5O2. The molecule has 1 saturated heterocycles. The van der Waals surface area contributed by atoms with E-state index in [9.17, 15) is 23.1 Å². The normalized spacial score (nSPS) is 17.5. The van der Waals surface area contributed by atoms with Crippen molar-refractivity contribution in [1.29, 1.82) is 0 Å². The van der Waals surface area contributed by atoms with E-state index in [-0.39, 0.29) is 24.0 Å². The smallest absolute Gasteiger partial charge is 0.389 e. The molecule has 0 spiro atoms. The molecule has 1 amide bonds. The molecule has 2 aliphatic rings. The highest BCUT2D eigenvalue weighted by Gasteiger charge is 2.40. The summed E-state index contributed by atoms with van der Waals surface area (Å²) in [6.07, 6.45) is -1.41. The summed E-state index contributed by atoms with van der Waals surface area (Å²) in [6, 6.07) is 9.66. The fourth-order valence-corrected chi connectivity index (χ4v) is 6.68. The maximum atomic E-state index is 14.0. The number of anilines is 3. The summed E-state index contributed by atoms with van der Waals surface area (Å²) in [7, 11) is 0. The van der Waals surface area contributed by atoms with Crippen molar-refractivity contribution in [3.63, 3.8) is 0 Å². The van der Waals surface area contributed by atoms with Crippen LogP contribution in [-0.2, 0) is 29.2 Å². The van der Waals surface area contributed by atoms with E-state index in [2.05, 4.69) is 38.5 Å². The summed E-state index contributed by atoms with van der Waals surface area (Å²) in [4.78, 5) is 23.2. The van der Waals surface area contributed by atoms with Crippen LogP contribution in [-0.4, -0.2) is 51.1 Å². The van der Waals surface area contributed by atoms with Gasteiger partial charge < -0.3 is 20.6 Å². The first-order chi connectivity index (χ1) is 20.5. The number of halogens is 3. The van der Waals surface area contributed by atoms with Crippen LogP contribution in [0.3, 0.4) is 0 Å². The molecule has 0 saturated carbocycles. The lowest BCUT2D eigenvalue weighted by molar-refractivity contribution is -0.138. The number of aryl methyl sites for hydroxylation is 4. The Kier molecular flexibility index (Phi) is 8.54. The number of rotatable bonds is 8. The van der Waals surface area contributed by atoms with E-state index in [1.807, 2.05) is 52.8 Å². The number of alkyl halides is 3. The second-order valence-electron chi connectivity index (χ2n) is 13.5. The Morgan fingerprint density at radius 3 is 2.45 bits per heavy atom. The standard InChI is InChI=1S/C34H42F3N5O2/c1-20-17-28(21(2)16-24(20)22-12-14-42(15-13-22)19-32(3,4)44)41-31-38-18-25(34(35,36)37)26(40-31)11-10-23-8-7-9-27-29(23)33(5,6)30(43)39-27/h7-9,16-18,22,44H,10-15,19H2,1-6H3,(H,39,43)(H,38,40,41). The number of fused-ring (bicyclic) bond motifs is 1. The number of amides is 1. The van der Waals surface area contributed by atoms with Gasteiger partial charge in [-0.3, -0.25) is 4.79 Å². The number of nitrogens with zero attached hydrogens (tertiary/aromatic N) is 3. The lowest BCUT2D eigenvalue weighted by atomic mass is 9.82. The molecule has 0 bridgehead atoms. The molecule has 0 aliphatic carbocycles. The van der Waals surface area contributed by atoms with Crippen molar-refractivity contribution in [3.8, 4) is 0 Å². The van der Waals surface area contributed by atoms with Crippen LogP contribution in [0.1, 0.15) is 85.5 Å². The molecule has 10 heteroatoms. The molecule has 7 nitrogen and oxygen atoms in total. The molecule has 3 heterocycles. The molecule has 236 valence electrons. The largest absolute Gasteiger partial charge is 0.419 e. The molecule has 3 N–H and O–H groups in total. The summed E-state index contributed by atoms with van der Waals surface area (Å²) >= 11 is 0. The van der Waals surface area contributed by atoms with Crippen LogP contribution < -0.4 is 10.6 Å². The summed E-state index contributed by atoms with van der Waals surface area (Å²) in [5.41, 5.74) is 4.00. The average molecular weight is 610 g/mol. The Hall–Kier alpha value is -3.50. The van der Waals surface area contributed by atoms with E-state index < -0.39 is 22.8 Å². The molecule has 5 rings (SSSR count). The third kappa shape index (κ3) is 6.76. The second-order valence-corrected chi connectivity index (χ2v) is 13.5. The third-order valence-corrected chi connectivity index (χ3v) is 8.89. The SMILES string of the molecule is Cc1cc(C2CCN(CC(C)(C)O)CC2)c(C)cc1Nc1ncc(C(F)(F)F)c(CCc2cccc3c2C(C)(C)C(=O)N3)n1.